The molecule has 0 spiro atoms. The lowest BCUT2D eigenvalue weighted by atomic mass is 10.1. The molecule has 0 fully saturated rings. The van der Waals surface area contributed by atoms with Crippen molar-refractivity contribution in [2.75, 3.05) is 6.54 Å². The van der Waals surface area contributed by atoms with Crippen LogP contribution in [0, 0.1) is 0 Å². The van der Waals surface area contributed by atoms with Gasteiger partial charge in [0, 0.05) is 30.5 Å². The minimum absolute atomic E-state index is 0.393. The SMILES string of the molecule is CCc1ccc(-n2cncc2CCNC(=O)OC(C)(C)C)cc1. The molecule has 0 bridgehead atoms. The van der Waals surface area contributed by atoms with Crippen LogP contribution in [0.15, 0.2) is 36.8 Å². The Hall–Kier alpha value is -2.30. The Labute approximate surface area is 137 Å². The number of aromatic nitrogens is 2. The fourth-order valence-electron chi connectivity index (χ4n) is 2.24. The molecule has 124 valence electrons. The number of benzene rings is 1. The first-order valence-electron chi connectivity index (χ1n) is 7.96. The Morgan fingerprint density at radius 3 is 2.57 bits per heavy atom. The first-order valence-corrected chi connectivity index (χ1v) is 7.96. The largest absolute Gasteiger partial charge is 0.444 e. The van der Waals surface area contributed by atoms with E-state index in [2.05, 4.69) is 41.5 Å². The third kappa shape index (κ3) is 5.13. The van der Waals surface area contributed by atoms with E-state index in [-0.39, 0.29) is 0 Å². The third-order valence-corrected chi connectivity index (χ3v) is 3.39. The van der Waals surface area contributed by atoms with E-state index < -0.39 is 11.7 Å². The summed E-state index contributed by atoms with van der Waals surface area (Å²) in [6.45, 7) is 8.19. The van der Waals surface area contributed by atoms with Gasteiger partial charge in [0.25, 0.3) is 0 Å². The van der Waals surface area contributed by atoms with E-state index >= 15 is 0 Å². The van der Waals surface area contributed by atoms with E-state index in [0.29, 0.717) is 13.0 Å². The fraction of sp³-hybridized carbons (Fsp3) is 0.444. The molecule has 1 aromatic heterocycles. The molecule has 23 heavy (non-hydrogen) atoms. The van der Waals surface area contributed by atoms with Crippen molar-refractivity contribution < 1.29 is 9.53 Å². The maximum absolute atomic E-state index is 11.7. The highest BCUT2D eigenvalue weighted by molar-refractivity contribution is 5.67. The molecule has 0 aliphatic heterocycles. The van der Waals surface area contributed by atoms with Crippen LogP contribution in [0.3, 0.4) is 0 Å². The number of hydrogen-bond acceptors (Lipinski definition) is 3. The number of rotatable bonds is 5. The molecule has 0 aliphatic rings. The number of nitrogens with zero attached hydrogens (tertiary/aromatic N) is 2. The average Bonchev–Trinajstić information content (AvgIpc) is 2.94. The van der Waals surface area contributed by atoms with Crippen LogP contribution >= 0.6 is 0 Å². The molecular weight excluding hydrogens is 290 g/mol. The van der Waals surface area contributed by atoms with Gasteiger partial charge in [-0.05, 0) is 44.9 Å². The van der Waals surface area contributed by atoms with Crippen molar-refractivity contribution >= 4 is 6.09 Å². The Bertz CT molecular complexity index is 639. The standard InChI is InChI=1S/C18H25N3O2/c1-5-14-6-8-15(9-7-14)21-13-19-12-16(21)10-11-20-17(22)23-18(2,3)4/h6-9,12-13H,5,10-11H2,1-4H3,(H,20,22). The molecule has 0 unspecified atom stereocenters. The topological polar surface area (TPSA) is 56.2 Å². The van der Waals surface area contributed by atoms with Crippen molar-refractivity contribution in [3.8, 4) is 5.69 Å². The predicted octanol–water partition coefficient (Wildman–Crippen LogP) is 3.50. The van der Waals surface area contributed by atoms with Crippen LogP contribution in [0.25, 0.3) is 5.69 Å². The zero-order chi connectivity index (χ0) is 16.9. The Morgan fingerprint density at radius 2 is 1.96 bits per heavy atom. The van der Waals surface area contributed by atoms with Crippen LogP contribution in [0.2, 0.25) is 0 Å². The van der Waals surface area contributed by atoms with Gasteiger partial charge in [-0.25, -0.2) is 9.78 Å². The molecular formula is C18H25N3O2. The summed E-state index contributed by atoms with van der Waals surface area (Å²) < 4.78 is 7.26. The van der Waals surface area contributed by atoms with Gasteiger partial charge < -0.3 is 14.6 Å². The number of ether oxygens (including phenoxy) is 1. The molecule has 2 aromatic rings. The van der Waals surface area contributed by atoms with E-state index in [9.17, 15) is 4.79 Å². The molecule has 0 saturated heterocycles. The molecule has 0 saturated carbocycles. The van der Waals surface area contributed by atoms with Gasteiger partial charge in [-0.3, -0.25) is 0 Å². The van der Waals surface area contributed by atoms with E-state index in [1.165, 1.54) is 5.56 Å². The van der Waals surface area contributed by atoms with Crippen LogP contribution < -0.4 is 5.32 Å². The lowest BCUT2D eigenvalue weighted by molar-refractivity contribution is 0.0528. The molecule has 1 amide bonds. The molecule has 1 heterocycles. The van der Waals surface area contributed by atoms with Crippen LogP contribution in [-0.4, -0.2) is 27.8 Å². The molecule has 5 heteroatoms. The summed E-state index contributed by atoms with van der Waals surface area (Å²) in [6.07, 6.45) is 4.94. The maximum Gasteiger partial charge on any atom is 0.407 e. The molecule has 2 rings (SSSR count). The van der Waals surface area contributed by atoms with E-state index in [0.717, 1.165) is 17.8 Å². The number of alkyl carbamates (subject to hydrolysis) is 1. The summed E-state index contributed by atoms with van der Waals surface area (Å²) in [6, 6.07) is 8.42. The normalized spacial score (nSPS) is 11.3. The van der Waals surface area contributed by atoms with Crippen molar-refractivity contribution in [2.24, 2.45) is 0 Å². The second-order valence-corrected chi connectivity index (χ2v) is 6.45. The maximum atomic E-state index is 11.7. The van der Waals surface area contributed by atoms with Gasteiger partial charge in [-0.15, -0.1) is 0 Å². The lowest BCUT2D eigenvalue weighted by Gasteiger charge is -2.19. The minimum Gasteiger partial charge on any atom is -0.444 e. The molecule has 0 aliphatic carbocycles. The predicted molar refractivity (Wildman–Crippen MR) is 90.9 cm³/mol. The average molecular weight is 315 g/mol. The Morgan fingerprint density at radius 1 is 1.26 bits per heavy atom. The van der Waals surface area contributed by atoms with Gasteiger partial charge in [0.2, 0.25) is 0 Å². The number of imidazole rings is 1. The summed E-state index contributed by atoms with van der Waals surface area (Å²) in [5, 5.41) is 2.77. The summed E-state index contributed by atoms with van der Waals surface area (Å²) in [5.41, 5.74) is 2.95. The number of nitrogens with one attached hydrogen (secondary N) is 1. The van der Waals surface area contributed by atoms with Gasteiger partial charge in [0.15, 0.2) is 0 Å². The summed E-state index contributed by atoms with van der Waals surface area (Å²) in [4.78, 5) is 15.9. The van der Waals surface area contributed by atoms with Gasteiger partial charge in [-0.2, -0.15) is 0 Å². The monoisotopic (exact) mass is 315 g/mol. The first kappa shape index (κ1) is 17.1. The smallest absolute Gasteiger partial charge is 0.407 e. The van der Waals surface area contributed by atoms with Gasteiger partial charge in [0.1, 0.15) is 5.60 Å². The zero-order valence-corrected chi connectivity index (χ0v) is 14.3. The van der Waals surface area contributed by atoms with E-state index in [4.69, 9.17) is 4.74 Å². The third-order valence-electron chi connectivity index (χ3n) is 3.39. The fourth-order valence-corrected chi connectivity index (χ4v) is 2.24. The van der Waals surface area contributed by atoms with Crippen LogP contribution in [0.1, 0.15) is 39.0 Å². The van der Waals surface area contributed by atoms with Crippen molar-refractivity contribution in [3.63, 3.8) is 0 Å². The zero-order valence-electron chi connectivity index (χ0n) is 14.3. The van der Waals surface area contributed by atoms with Crippen molar-refractivity contribution in [1.82, 2.24) is 14.9 Å². The highest BCUT2D eigenvalue weighted by atomic mass is 16.6. The van der Waals surface area contributed by atoms with Crippen LogP contribution in [0.5, 0.6) is 0 Å². The lowest BCUT2D eigenvalue weighted by Crippen LogP contribution is -2.33. The Kier molecular flexibility index (Phi) is 5.42. The number of hydrogen-bond donors (Lipinski definition) is 1. The molecule has 1 N–H and O–H groups in total. The number of aryl methyl sites for hydroxylation is 1. The molecule has 0 radical (unpaired) electrons. The molecule has 5 nitrogen and oxygen atoms in total. The summed E-state index contributed by atoms with van der Waals surface area (Å²) >= 11 is 0. The summed E-state index contributed by atoms with van der Waals surface area (Å²) in [5.74, 6) is 0. The van der Waals surface area contributed by atoms with Gasteiger partial charge >= 0.3 is 6.09 Å². The number of carbonyl (C=O) groups excluding carboxylic acids is 1. The van der Waals surface area contributed by atoms with Crippen LogP contribution in [0.4, 0.5) is 4.79 Å². The number of carbonyl (C=O) groups is 1. The quantitative estimate of drug-likeness (QED) is 0.918. The highest BCUT2D eigenvalue weighted by Crippen LogP contribution is 2.13. The minimum atomic E-state index is -0.479. The molecule has 1 aromatic carbocycles. The first-order chi connectivity index (χ1) is 10.9. The van der Waals surface area contributed by atoms with Crippen molar-refractivity contribution in [2.45, 2.75) is 46.1 Å². The number of amides is 1. The van der Waals surface area contributed by atoms with E-state index in [1.807, 2.05) is 31.5 Å². The second-order valence-electron chi connectivity index (χ2n) is 6.45. The van der Waals surface area contributed by atoms with E-state index in [1.54, 1.807) is 6.33 Å². The Balaban J connectivity index is 1.94. The van der Waals surface area contributed by atoms with Crippen molar-refractivity contribution in [1.29, 1.82) is 0 Å². The molecule has 0 atom stereocenters. The van der Waals surface area contributed by atoms with Gasteiger partial charge in [-0.1, -0.05) is 19.1 Å². The van der Waals surface area contributed by atoms with Crippen molar-refractivity contribution in [3.05, 3.63) is 48.0 Å². The summed E-state index contributed by atoms with van der Waals surface area (Å²) in [7, 11) is 0. The highest BCUT2D eigenvalue weighted by Gasteiger charge is 2.15. The second kappa shape index (κ2) is 7.31. The van der Waals surface area contributed by atoms with Crippen LogP contribution in [-0.2, 0) is 17.6 Å². The van der Waals surface area contributed by atoms with Gasteiger partial charge in [0.05, 0.1) is 6.33 Å².